The van der Waals surface area contributed by atoms with Crippen LogP contribution >= 0.6 is 15.9 Å². The molecule has 110 valence electrons. The number of hydrogen-bond donors (Lipinski definition) is 2. The predicted octanol–water partition coefficient (Wildman–Crippen LogP) is 2.19. The number of ether oxygens (including phenoxy) is 1. The summed E-state index contributed by atoms with van der Waals surface area (Å²) in [4.78, 5) is 23.2. The summed E-state index contributed by atoms with van der Waals surface area (Å²) in [6, 6.07) is 10.4. The third kappa shape index (κ3) is 4.64. The number of amides is 2. The first-order valence-electron chi connectivity index (χ1n) is 6.08. The van der Waals surface area contributed by atoms with Crippen molar-refractivity contribution in [3.8, 4) is 5.75 Å². The molecule has 21 heavy (non-hydrogen) atoms. The lowest BCUT2D eigenvalue weighted by Crippen LogP contribution is -2.43. The van der Waals surface area contributed by atoms with E-state index in [0.29, 0.717) is 10.4 Å². The highest BCUT2D eigenvalue weighted by Gasteiger charge is 2.11. The molecule has 0 saturated carbocycles. The van der Waals surface area contributed by atoms with E-state index in [2.05, 4.69) is 26.8 Å². The van der Waals surface area contributed by atoms with E-state index in [4.69, 9.17) is 9.15 Å². The highest BCUT2D eigenvalue weighted by Crippen LogP contribution is 2.13. The first-order valence-corrected chi connectivity index (χ1v) is 6.88. The monoisotopic (exact) mass is 352 g/mol. The van der Waals surface area contributed by atoms with Crippen molar-refractivity contribution in [1.82, 2.24) is 10.9 Å². The Kier molecular flexibility index (Phi) is 4.99. The molecule has 0 unspecified atom stereocenters. The van der Waals surface area contributed by atoms with Gasteiger partial charge in [0.1, 0.15) is 5.75 Å². The quantitative estimate of drug-likeness (QED) is 0.826. The van der Waals surface area contributed by atoms with E-state index < -0.39 is 11.8 Å². The Morgan fingerprint density at radius 2 is 2.05 bits per heavy atom. The number of carbonyl (C=O) groups is 2. The van der Waals surface area contributed by atoms with Crippen LogP contribution in [0.3, 0.4) is 0 Å². The SMILES string of the molecule is Cc1cccc(OCC(=O)NNC(=O)c2ccc(Br)o2)c1. The lowest BCUT2D eigenvalue weighted by atomic mass is 10.2. The third-order valence-electron chi connectivity index (χ3n) is 2.47. The van der Waals surface area contributed by atoms with E-state index in [-0.39, 0.29) is 12.4 Å². The minimum Gasteiger partial charge on any atom is -0.484 e. The number of hydrazine groups is 1. The van der Waals surface area contributed by atoms with Gasteiger partial charge in [-0.3, -0.25) is 20.4 Å². The van der Waals surface area contributed by atoms with Gasteiger partial charge >= 0.3 is 5.91 Å². The van der Waals surface area contributed by atoms with Crippen molar-refractivity contribution in [2.75, 3.05) is 6.61 Å². The van der Waals surface area contributed by atoms with E-state index in [9.17, 15) is 9.59 Å². The van der Waals surface area contributed by atoms with Crippen molar-refractivity contribution in [2.24, 2.45) is 0 Å². The average molecular weight is 353 g/mol. The van der Waals surface area contributed by atoms with Crippen molar-refractivity contribution in [3.63, 3.8) is 0 Å². The molecule has 1 aromatic carbocycles. The molecule has 1 heterocycles. The Balaban J connectivity index is 1.76. The Hall–Kier alpha value is -2.28. The second-order valence-corrected chi connectivity index (χ2v) is 4.99. The van der Waals surface area contributed by atoms with Crippen molar-refractivity contribution in [2.45, 2.75) is 6.92 Å². The molecule has 0 aliphatic rings. The Bertz CT molecular complexity index is 654. The molecule has 0 radical (unpaired) electrons. The van der Waals surface area contributed by atoms with Crippen LogP contribution < -0.4 is 15.6 Å². The van der Waals surface area contributed by atoms with Crippen LogP contribution in [0.15, 0.2) is 45.5 Å². The summed E-state index contributed by atoms with van der Waals surface area (Å²) in [5.41, 5.74) is 5.49. The fourth-order valence-corrected chi connectivity index (χ4v) is 1.82. The van der Waals surface area contributed by atoms with Gasteiger partial charge < -0.3 is 9.15 Å². The van der Waals surface area contributed by atoms with Gasteiger partial charge in [-0.1, -0.05) is 12.1 Å². The molecule has 2 aromatic rings. The minimum atomic E-state index is -0.551. The van der Waals surface area contributed by atoms with E-state index in [1.165, 1.54) is 6.07 Å². The highest BCUT2D eigenvalue weighted by molar-refractivity contribution is 9.10. The topological polar surface area (TPSA) is 80.6 Å². The molecule has 7 heteroatoms. The summed E-state index contributed by atoms with van der Waals surface area (Å²) in [6.07, 6.45) is 0. The van der Waals surface area contributed by atoms with Crippen LogP contribution in [0.2, 0.25) is 0 Å². The first-order chi connectivity index (χ1) is 10.0. The first kappa shape index (κ1) is 15.1. The largest absolute Gasteiger partial charge is 0.484 e. The summed E-state index contributed by atoms with van der Waals surface area (Å²) < 4.78 is 10.8. The number of benzene rings is 1. The number of furan rings is 1. The molecule has 0 aliphatic heterocycles. The number of nitrogens with one attached hydrogen (secondary N) is 2. The summed E-state index contributed by atoms with van der Waals surface area (Å²) >= 11 is 3.08. The third-order valence-corrected chi connectivity index (χ3v) is 2.90. The van der Waals surface area contributed by atoms with Gasteiger partial charge in [0.05, 0.1) is 0 Å². The van der Waals surface area contributed by atoms with Crippen molar-refractivity contribution in [3.05, 3.63) is 52.4 Å². The normalized spacial score (nSPS) is 10.0. The molecular formula is C14H13BrN2O4. The Morgan fingerprint density at radius 1 is 1.24 bits per heavy atom. The second-order valence-electron chi connectivity index (χ2n) is 4.21. The zero-order chi connectivity index (χ0) is 15.2. The summed E-state index contributed by atoms with van der Waals surface area (Å²) in [7, 11) is 0. The van der Waals surface area contributed by atoms with Gasteiger partial charge in [0.15, 0.2) is 17.0 Å². The van der Waals surface area contributed by atoms with Crippen LogP contribution in [0.4, 0.5) is 0 Å². The maximum absolute atomic E-state index is 11.6. The number of hydrogen-bond acceptors (Lipinski definition) is 4. The fourth-order valence-electron chi connectivity index (χ4n) is 1.51. The maximum Gasteiger partial charge on any atom is 0.305 e. The molecule has 0 aliphatic carbocycles. The number of rotatable bonds is 4. The predicted molar refractivity (Wildman–Crippen MR) is 78.7 cm³/mol. The molecule has 2 N–H and O–H groups in total. The molecule has 0 saturated heterocycles. The van der Waals surface area contributed by atoms with Gasteiger partial charge in [0.25, 0.3) is 5.91 Å². The van der Waals surface area contributed by atoms with Crippen LogP contribution in [0.25, 0.3) is 0 Å². The van der Waals surface area contributed by atoms with E-state index in [0.717, 1.165) is 5.56 Å². The molecule has 2 amide bonds. The molecule has 2 rings (SSSR count). The standard InChI is InChI=1S/C14H13BrN2O4/c1-9-3-2-4-10(7-9)20-8-13(18)16-17-14(19)11-5-6-12(15)21-11/h2-7H,8H2,1H3,(H,16,18)(H,17,19). The second kappa shape index (κ2) is 6.94. The molecule has 0 atom stereocenters. The molecule has 6 nitrogen and oxygen atoms in total. The lowest BCUT2D eigenvalue weighted by Gasteiger charge is -2.08. The fraction of sp³-hybridized carbons (Fsp3) is 0.143. The summed E-state index contributed by atoms with van der Waals surface area (Å²) in [5, 5.41) is 0. The van der Waals surface area contributed by atoms with Gasteiger partial charge in [-0.25, -0.2) is 0 Å². The van der Waals surface area contributed by atoms with Crippen LogP contribution in [-0.4, -0.2) is 18.4 Å². The van der Waals surface area contributed by atoms with Gasteiger partial charge in [0.2, 0.25) is 0 Å². The van der Waals surface area contributed by atoms with Crippen LogP contribution in [-0.2, 0) is 4.79 Å². The van der Waals surface area contributed by atoms with Crippen molar-refractivity contribution < 1.29 is 18.7 Å². The Labute approximate surface area is 129 Å². The number of aryl methyl sites for hydroxylation is 1. The van der Waals surface area contributed by atoms with Crippen molar-refractivity contribution in [1.29, 1.82) is 0 Å². The highest BCUT2D eigenvalue weighted by atomic mass is 79.9. The van der Waals surface area contributed by atoms with Gasteiger partial charge in [-0.15, -0.1) is 0 Å². The lowest BCUT2D eigenvalue weighted by molar-refractivity contribution is -0.123. The summed E-state index contributed by atoms with van der Waals surface area (Å²) in [5.74, 6) is -0.353. The molecule has 0 fully saturated rings. The Morgan fingerprint density at radius 3 is 2.71 bits per heavy atom. The number of carbonyl (C=O) groups excluding carboxylic acids is 2. The van der Waals surface area contributed by atoms with Gasteiger partial charge in [-0.2, -0.15) is 0 Å². The minimum absolute atomic E-state index is 0.0850. The van der Waals surface area contributed by atoms with E-state index >= 15 is 0 Å². The van der Waals surface area contributed by atoms with E-state index in [1.807, 2.05) is 25.1 Å². The van der Waals surface area contributed by atoms with Crippen LogP contribution in [0, 0.1) is 6.92 Å². The smallest absolute Gasteiger partial charge is 0.305 e. The van der Waals surface area contributed by atoms with Crippen LogP contribution in [0.5, 0.6) is 5.75 Å². The zero-order valence-electron chi connectivity index (χ0n) is 11.2. The molecule has 0 spiro atoms. The zero-order valence-corrected chi connectivity index (χ0v) is 12.8. The number of halogens is 1. The van der Waals surface area contributed by atoms with Crippen LogP contribution in [0.1, 0.15) is 16.1 Å². The van der Waals surface area contributed by atoms with Crippen molar-refractivity contribution >= 4 is 27.7 Å². The maximum atomic E-state index is 11.6. The van der Waals surface area contributed by atoms with Gasteiger partial charge in [-0.05, 0) is 52.7 Å². The summed E-state index contributed by atoms with van der Waals surface area (Å²) in [6.45, 7) is 1.72. The van der Waals surface area contributed by atoms with Gasteiger partial charge in [0, 0.05) is 0 Å². The molecule has 1 aromatic heterocycles. The molecule has 0 bridgehead atoms. The average Bonchev–Trinajstić information content (AvgIpc) is 2.89. The molecular weight excluding hydrogens is 340 g/mol. The van der Waals surface area contributed by atoms with E-state index in [1.54, 1.807) is 12.1 Å².